The largest absolute Gasteiger partial charge is 0.487 e. The van der Waals surface area contributed by atoms with Gasteiger partial charge in [-0.25, -0.2) is 0 Å². The fourth-order valence-corrected chi connectivity index (χ4v) is 2.43. The lowest BCUT2D eigenvalue weighted by Gasteiger charge is -2.15. The first-order valence-electron chi connectivity index (χ1n) is 8.62. The molecule has 0 amide bonds. The standard InChI is InChI=1S/C19H19ClF2N6O/c1-28(2)18-26-16(23-12-13-6-4-3-5-7-13)25-17(27-18)24-14-8-10-15(11-9-14)29-19(20,21)22/h3-11H,12H2,1-2H3,(H2,23,24,25,26,27). The summed E-state index contributed by atoms with van der Waals surface area (Å²) in [5, 5.41) is 6.19. The minimum absolute atomic E-state index is 0.0644. The zero-order valence-electron chi connectivity index (χ0n) is 15.7. The summed E-state index contributed by atoms with van der Waals surface area (Å²) in [5.74, 6) is 1.09. The Morgan fingerprint density at radius 3 is 2.24 bits per heavy atom. The Kier molecular flexibility index (Phi) is 6.28. The second-order valence-corrected chi connectivity index (χ2v) is 6.65. The van der Waals surface area contributed by atoms with Crippen molar-refractivity contribution < 1.29 is 13.5 Å². The molecule has 0 unspecified atom stereocenters. The molecule has 152 valence electrons. The summed E-state index contributed by atoms with van der Waals surface area (Å²) in [6, 6.07) is 15.7. The van der Waals surface area contributed by atoms with Crippen molar-refractivity contribution in [2.24, 2.45) is 0 Å². The summed E-state index contributed by atoms with van der Waals surface area (Å²) < 4.78 is 29.7. The monoisotopic (exact) mass is 420 g/mol. The van der Waals surface area contributed by atoms with Crippen LogP contribution in [0, 0.1) is 0 Å². The summed E-state index contributed by atoms with van der Waals surface area (Å²) in [6.45, 7) is 0.551. The molecule has 0 aliphatic rings. The average molecular weight is 421 g/mol. The normalized spacial score (nSPS) is 11.1. The van der Waals surface area contributed by atoms with E-state index in [1.165, 1.54) is 12.1 Å². The van der Waals surface area contributed by atoms with Crippen LogP contribution in [-0.2, 0) is 6.54 Å². The minimum atomic E-state index is -3.76. The van der Waals surface area contributed by atoms with Gasteiger partial charge >= 0.3 is 5.57 Å². The molecular weight excluding hydrogens is 402 g/mol. The van der Waals surface area contributed by atoms with Crippen molar-refractivity contribution in [1.82, 2.24) is 15.0 Å². The molecule has 0 aliphatic carbocycles. The molecule has 0 atom stereocenters. The van der Waals surface area contributed by atoms with Gasteiger partial charge in [-0.1, -0.05) is 30.3 Å². The van der Waals surface area contributed by atoms with Gasteiger partial charge in [-0.3, -0.25) is 0 Å². The quantitative estimate of drug-likeness (QED) is 0.521. The highest BCUT2D eigenvalue weighted by molar-refractivity contribution is 6.20. The maximum atomic E-state index is 12.7. The van der Waals surface area contributed by atoms with Gasteiger partial charge in [0.15, 0.2) is 0 Å². The van der Waals surface area contributed by atoms with Gasteiger partial charge in [-0.05, 0) is 29.8 Å². The van der Waals surface area contributed by atoms with E-state index in [9.17, 15) is 8.78 Å². The van der Waals surface area contributed by atoms with Crippen LogP contribution in [0.2, 0.25) is 0 Å². The van der Waals surface area contributed by atoms with Gasteiger partial charge in [0.1, 0.15) is 5.75 Å². The smallest absolute Gasteiger partial charge is 0.420 e. The highest BCUT2D eigenvalue weighted by atomic mass is 35.5. The Labute approximate surface area is 171 Å². The molecule has 2 N–H and O–H groups in total. The number of nitrogens with zero attached hydrogens (tertiary/aromatic N) is 4. The van der Waals surface area contributed by atoms with Crippen LogP contribution < -0.4 is 20.3 Å². The van der Waals surface area contributed by atoms with Crippen molar-refractivity contribution in [3.05, 3.63) is 60.2 Å². The molecule has 3 rings (SSSR count). The Morgan fingerprint density at radius 1 is 0.966 bits per heavy atom. The van der Waals surface area contributed by atoms with Crippen LogP contribution in [-0.4, -0.2) is 34.6 Å². The first-order chi connectivity index (χ1) is 13.8. The second kappa shape index (κ2) is 8.87. The zero-order chi connectivity index (χ0) is 20.9. The molecule has 0 saturated carbocycles. The number of alkyl halides is 3. The van der Waals surface area contributed by atoms with Gasteiger partial charge < -0.3 is 20.3 Å². The first-order valence-corrected chi connectivity index (χ1v) is 9.00. The van der Waals surface area contributed by atoms with E-state index in [4.69, 9.17) is 11.6 Å². The zero-order valence-corrected chi connectivity index (χ0v) is 16.5. The number of ether oxygens (including phenoxy) is 1. The lowest BCUT2D eigenvalue weighted by atomic mass is 10.2. The summed E-state index contributed by atoms with van der Waals surface area (Å²) in [6.07, 6.45) is 0. The van der Waals surface area contributed by atoms with Crippen molar-refractivity contribution in [2.75, 3.05) is 29.6 Å². The lowest BCUT2D eigenvalue weighted by Crippen LogP contribution is -2.16. The number of hydrogen-bond acceptors (Lipinski definition) is 7. The SMILES string of the molecule is CN(C)c1nc(NCc2ccccc2)nc(Nc2ccc(OC(F)(F)Cl)cc2)n1. The number of halogens is 3. The Balaban J connectivity index is 1.75. The van der Waals surface area contributed by atoms with Crippen LogP contribution in [0.15, 0.2) is 54.6 Å². The van der Waals surface area contributed by atoms with Gasteiger partial charge in [-0.15, -0.1) is 8.78 Å². The van der Waals surface area contributed by atoms with Crippen LogP contribution in [0.25, 0.3) is 0 Å². The van der Waals surface area contributed by atoms with Crippen LogP contribution in [0.1, 0.15) is 5.56 Å². The van der Waals surface area contributed by atoms with Crippen LogP contribution >= 0.6 is 11.6 Å². The molecule has 1 aromatic heterocycles. The molecule has 29 heavy (non-hydrogen) atoms. The van der Waals surface area contributed by atoms with E-state index in [1.807, 2.05) is 44.4 Å². The molecule has 0 fully saturated rings. The molecule has 10 heteroatoms. The van der Waals surface area contributed by atoms with E-state index in [1.54, 1.807) is 17.0 Å². The number of hydrogen-bond donors (Lipinski definition) is 2. The van der Waals surface area contributed by atoms with Crippen LogP contribution in [0.5, 0.6) is 5.75 Å². The van der Waals surface area contributed by atoms with Crippen molar-refractivity contribution in [1.29, 1.82) is 0 Å². The number of nitrogens with one attached hydrogen (secondary N) is 2. The summed E-state index contributed by atoms with van der Waals surface area (Å²) in [7, 11) is 3.64. The molecule has 0 aliphatic heterocycles. The van der Waals surface area contributed by atoms with Crippen LogP contribution in [0.3, 0.4) is 0 Å². The van der Waals surface area contributed by atoms with Gasteiger partial charge in [0, 0.05) is 37.9 Å². The minimum Gasteiger partial charge on any atom is -0.420 e. The summed E-state index contributed by atoms with van der Waals surface area (Å²) >= 11 is 4.77. The predicted molar refractivity (Wildman–Crippen MR) is 109 cm³/mol. The van der Waals surface area contributed by atoms with Gasteiger partial charge in [0.25, 0.3) is 0 Å². The highest BCUT2D eigenvalue weighted by Crippen LogP contribution is 2.26. The molecule has 0 bridgehead atoms. The maximum absolute atomic E-state index is 12.7. The number of anilines is 4. The summed E-state index contributed by atoms with van der Waals surface area (Å²) in [4.78, 5) is 14.8. The second-order valence-electron chi connectivity index (χ2n) is 6.21. The van der Waals surface area contributed by atoms with E-state index in [2.05, 4.69) is 30.3 Å². The van der Waals surface area contributed by atoms with E-state index >= 15 is 0 Å². The van der Waals surface area contributed by atoms with Crippen molar-refractivity contribution in [3.8, 4) is 5.75 Å². The van der Waals surface area contributed by atoms with Gasteiger partial charge in [-0.2, -0.15) is 15.0 Å². The molecule has 0 radical (unpaired) electrons. The Bertz CT molecular complexity index is 936. The summed E-state index contributed by atoms with van der Waals surface area (Å²) in [5.41, 5.74) is -2.09. The molecule has 1 heterocycles. The molecule has 3 aromatic rings. The predicted octanol–water partition coefficient (Wildman–Crippen LogP) is 4.46. The third kappa shape index (κ3) is 6.42. The molecule has 0 spiro atoms. The fourth-order valence-electron chi connectivity index (χ4n) is 2.35. The molecule has 2 aromatic carbocycles. The highest BCUT2D eigenvalue weighted by Gasteiger charge is 2.27. The maximum Gasteiger partial charge on any atom is 0.487 e. The van der Waals surface area contributed by atoms with E-state index in [-0.39, 0.29) is 5.75 Å². The third-order valence-corrected chi connectivity index (χ3v) is 3.74. The van der Waals surface area contributed by atoms with Gasteiger partial charge in [0.05, 0.1) is 0 Å². The fraction of sp³-hybridized carbons (Fsp3) is 0.211. The molecular formula is C19H19ClF2N6O. The topological polar surface area (TPSA) is 75.2 Å². The van der Waals surface area contributed by atoms with E-state index in [0.717, 1.165) is 5.56 Å². The van der Waals surface area contributed by atoms with Crippen molar-refractivity contribution in [2.45, 2.75) is 12.1 Å². The number of benzene rings is 2. The third-order valence-electron chi connectivity index (χ3n) is 3.66. The molecule has 0 saturated heterocycles. The van der Waals surface area contributed by atoms with E-state index in [0.29, 0.717) is 30.1 Å². The number of aromatic nitrogens is 3. The van der Waals surface area contributed by atoms with Crippen molar-refractivity contribution >= 4 is 35.1 Å². The van der Waals surface area contributed by atoms with Crippen molar-refractivity contribution in [3.63, 3.8) is 0 Å². The Hall–Kier alpha value is -3.20. The average Bonchev–Trinajstić information content (AvgIpc) is 2.67. The van der Waals surface area contributed by atoms with Gasteiger partial charge in [0.2, 0.25) is 17.8 Å². The van der Waals surface area contributed by atoms with E-state index < -0.39 is 5.57 Å². The first kappa shape index (κ1) is 20.5. The Morgan fingerprint density at radius 2 is 1.62 bits per heavy atom. The van der Waals surface area contributed by atoms with Crippen LogP contribution in [0.4, 0.5) is 32.3 Å². The molecule has 7 nitrogen and oxygen atoms in total. The number of rotatable bonds is 8. The lowest BCUT2D eigenvalue weighted by molar-refractivity contribution is -0.0964.